The average Bonchev–Trinajstić information content (AvgIpc) is 2.44. The van der Waals surface area contributed by atoms with E-state index in [4.69, 9.17) is 5.11 Å². The van der Waals surface area contributed by atoms with E-state index in [1.807, 2.05) is 24.3 Å². The number of nitrogens with one attached hydrogen (secondary N) is 1. The fourth-order valence-corrected chi connectivity index (χ4v) is 2.70. The first-order valence-corrected chi connectivity index (χ1v) is 7.12. The Morgan fingerprint density at radius 2 is 1.79 bits per heavy atom. The Morgan fingerprint density at radius 3 is 2.47 bits per heavy atom. The lowest BCUT2D eigenvalue weighted by Gasteiger charge is -2.06. The van der Waals surface area contributed by atoms with E-state index in [0.717, 1.165) is 10.8 Å². The van der Waals surface area contributed by atoms with Gasteiger partial charge < -0.3 is 5.11 Å². The van der Waals surface area contributed by atoms with Gasteiger partial charge in [-0.25, -0.2) is 13.1 Å². The molecule has 0 aliphatic heterocycles. The van der Waals surface area contributed by atoms with E-state index in [1.165, 1.54) is 6.07 Å². The molecule has 0 heterocycles. The molecular weight excluding hydrogens is 266 g/mol. The highest BCUT2D eigenvalue weighted by molar-refractivity contribution is 7.89. The van der Waals surface area contributed by atoms with Crippen LogP contribution in [0.15, 0.2) is 47.4 Å². The molecule has 2 aromatic carbocycles. The van der Waals surface area contributed by atoms with Crippen LogP contribution >= 0.6 is 0 Å². The van der Waals surface area contributed by atoms with E-state index in [0.29, 0.717) is 0 Å². The SMILES string of the molecule is O=C(CO)CNS(=O)(=O)c1ccc2ccccc2c1. The Bertz CT molecular complexity index is 709. The molecule has 0 unspecified atom stereocenters. The Hall–Kier alpha value is -1.76. The molecule has 0 aliphatic rings. The summed E-state index contributed by atoms with van der Waals surface area (Å²) >= 11 is 0. The van der Waals surface area contributed by atoms with E-state index in [2.05, 4.69) is 4.72 Å². The van der Waals surface area contributed by atoms with Crippen LogP contribution in [-0.2, 0) is 14.8 Å². The molecule has 0 atom stereocenters. The van der Waals surface area contributed by atoms with Crippen LogP contribution in [0.3, 0.4) is 0 Å². The molecule has 0 aliphatic carbocycles. The highest BCUT2D eigenvalue weighted by Gasteiger charge is 2.15. The summed E-state index contributed by atoms with van der Waals surface area (Å²) in [5, 5.41) is 10.3. The minimum absolute atomic E-state index is 0.0944. The highest BCUT2D eigenvalue weighted by Crippen LogP contribution is 2.18. The molecule has 5 nitrogen and oxygen atoms in total. The number of aliphatic hydroxyl groups excluding tert-OH is 1. The van der Waals surface area contributed by atoms with E-state index < -0.39 is 29.0 Å². The van der Waals surface area contributed by atoms with Crippen molar-refractivity contribution in [3.05, 3.63) is 42.5 Å². The first-order chi connectivity index (χ1) is 9.03. The molecule has 0 radical (unpaired) electrons. The van der Waals surface area contributed by atoms with Gasteiger partial charge in [0.1, 0.15) is 6.61 Å². The van der Waals surface area contributed by atoms with Gasteiger partial charge in [0, 0.05) is 0 Å². The lowest BCUT2D eigenvalue weighted by Crippen LogP contribution is -2.30. The van der Waals surface area contributed by atoms with Gasteiger partial charge in [-0.3, -0.25) is 4.79 Å². The van der Waals surface area contributed by atoms with Crippen molar-refractivity contribution in [2.24, 2.45) is 0 Å². The quantitative estimate of drug-likeness (QED) is 0.843. The van der Waals surface area contributed by atoms with E-state index in [1.54, 1.807) is 12.1 Å². The summed E-state index contributed by atoms with van der Waals surface area (Å²) in [5.41, 5.74) is 0. The predicted octanol–water partition coefficient (Wildman–Crippen LogP) is 0.679. The summed E-state index contributed by atoms with van der Waals surface area (Å²) in [7, 11) is -3.74. The number of hydrogen-bond acceptors (Lipinski definition) is 4. The molecule has 2 rings (SSSR count). The number of aliphatic hydroxyl groups is 1. The molecule has 0 bridgehead atoms. The molecule has 0 aromatic heterocycles. The van der Waals surface area contributed by atoms with Gasteiger partial charge in [0.2, 0.25) is 10.0 Å². The number of carbonyl (C=O) groups excluding carboxylic acids is 1. The summed E-state index contributed by atoms with van der Waals surface area (Å²) in [5.74, 6) is -0.579. The molecule has 0 saturated heterocycles. The molecule has 100 valence electrons. The van der Waals surface area contributed by atoms with Crippen molar-refractivity contribution < 1.29 is 18.3 Å². The smallest absolute Gasteiger partial charge is 0.240 e. The monoisotopic (exact) mass is 279 g/mol. The van der Waals surface area contributed by atoms with Crippen molar-refractivity contribution in [3.63, 3.8) is 0 Å². The standard InChI is InChI=1S/C13H13NO4S/c15-9-12(16)8-14-19(17,18)13-6-5-10-3-1-2-4-11(10)7-13/h1-7,14-15H,8-9H2. The number of hydrogen-bond donors (Lipinski definition) is 2. The maximum absolute atomic E-state index is 12.0. The molecule has 2 N–H and O–H groups in total. The number of fused-ring (bicyclic) bond motifs is 1. The van der Waals surface area contributed by atoms with Crippen LogP contribution in [0, 0.1) is 0 Å². The number of carbonyl (C=O) groups is 1. The van der Waals surface area contributed by atoms with Gasteiger partial charge in [-0.05, 0) is 22.9 Å². The van der Waals surface area contributed by atoms with Crippen molar-refractivity contribution in [2.45, 2.75) is 4.90 Å². The first kappa shape index (κ1) is 13.7. The largest absolute Gasteiger partial charge is 0.389 e. The average molecular weight is 279 g/mol. The number of ketones is 1. The molecule has 6 heteroatoms. The number of rotatable bonds is 5. The summed E-state index contributed by atoms with van der Waals surface area (Å²) in [6, 6.07) is 12.1. The van der Waals surface area contributed by atoms with Crippen LogP contribution in [0.4, 0.5) is 0 Å². The maximum atomic E-state index is 12.0. The molecular formula is C13H13NO4S. The maximum Gasteiger partial charge on any atom is 0.240 e. The van der Waals surface area contributed by atoms with Gasteiger partial charge in [-0.2, -0.15) is 0 Å². The lowest BCUT2D eigenvalue weighted by atomic mass is 10.1. The van der Waals surface area contributed by atoms with Crippen molar-refractivity contribution in [1.29, 1.82) is 0 Å². The van der Waals surface area contributed by atoms with Crippen LogP contribution < -0.4 is 4.72 Å². The summed E-state index contributed by atoms with van der Waals surface area (Å²) in [6.45, 7) is -1.09. The second-order valence-electron chi connectivity index (χ2n) is 4.03. The van der Waals surface area contributed by atoms with Gasteiger partial charge in [0.25, 0.3) is 0 Å². The van der Waals surface area contributed by atoms with E-state index in [-0.39, 0.29) is 4.90 Å². The van der Waals surface area contributed by atoms with Crippen molar-refractivity contribution in [3.8, 4) is 0 Å². The number of Topliss-reactive ketones (excluding diaryl/α,β-unsaturated/α-hetero) is 1. The Kier molecular flexibility index (Phi) is 3.94. The third-order valence-corrected chi connectivity index (χ3v) is 4.07. The summed E-state index contributed by atoms with van der Waals surface area (Å²) in [4.78, 5) is 11.0. The fourth-order valence-electron chi connectivity index (χ4n) is 1.65. The van der Waals surface area contributed by atoms with Crippen LogP contribution in [0.2, 0.25) is 0 Å². The first-order valence-electron chi connectivity index (χ1n) is 5.64. The topological polar surface area (TPSA) is 83.5 Å². The molecule has 0 saturated carbocycles. The second-order valence-corrected chi connectivity index (χ2v) is 5.80. The second kappa shape index (κ2) is 5.48. The molecule has 0 amide bonds. The normalized spacial score (nSPS) is 11.6. The minimum atomic E-state index is -3.74. The van der Waals surface area contributed by atoms with E-state index >= 15 is 0 Å². The van der Waals surface area contributed by atoms with Gasteiger partial charge in [0.05, 0.1) is 11.4 Å². The van der Waals surface area contributed by atoms with E-state index in [9.17, 15) is 13.2 Å². The summed E-state index contributed by atoms with van der Waals surface area (Å²) < 4.78 is 26.1. The fraction of sp³-hybridized carbons (Fsp3) is 0.154. The molecule has 0 fully saturated rings. The van der Waals surface area contributed by atoms with Crippen molar-refractivity contribution in [2.75, 3.05) is 13.2 Å². The van der Waals surface area contributed by atoms with Gasteiger partial charge in [-0.1, -0.05) is 30.3 Å². The third-order valence-electron chi connectivity index (χ3n) is 2.67. The van der Waals surface area contributed by atoms with Crippen LogP contribution in [0.1, 0.15) is 0 Å². The Labute approximate surface area is 110 Å². The zero-order valence-corrected chi connectivity index (χ0v) is 10.9. The lowest BCUT2D eigenvalue weighted by molar-refractivity contribution is -0.120. The Morgan fingerprint density at radius 1 is 1.11 bits per heavy atom. The van der Waals surface area contributed by atoms with Gasteiger partial charge in [0.15, 0.2) is 5.78 Å². The highest BCUT2D eigenvalue weighted by atomic mass is 32.2. The van der Waals surface area contributed by atoms with Crippen molar-refractivity contribution >= 4 is 26.6 Å². The van der Waals surface area contributed by atoms with Crippen LogP contribution in [0.25, 0.3) is 10.8 Å². The van der Waals surface area contributed by atoms with Crippen molar-refractivity contribution in [1.82, 2.24) is 4.72 Å². The third kappa shape index (κ3) is 3.17. The van der Waals surface area contributed by atoms with Crippen LogP contribution in [-0.4, -0.2) is 32.5 Å². The van der Waals surface area contributed by atoms with Gasteiger partial charge in [-0.15, -0.1) is 0 Å². The van der Waals surface area contributed by atoms with Crippen LogP contribution in [0.5, 0.6) is 0 Å². The Balaban J connectivity index is 2.30. The molecule has 19 heavy (non-hydrogen) atoms. The number of benzene rings is 2. The predicted molar refractivity (Wildman–Crippen MR) is 71.2 cm³/mol. The summed E-state index contributed by atoms with van der Waals surface area (Å²) in [6.07, 6.45) is 0. The molecule has 2 aromatic rings. The van der Waals surface area contributed by atoms with Gasteiger partial charge >= 0.3 is 0 Å². The minimum Gasteiger partial charge on any atom is -0.389 e. The zero-order chi connectivity index (χ0) is 13.9. The number of sulfonamides is 1. The zero-order valence-electron chi connectivity index (χ0n) is 10.0. The molecule has 0 spiro atoms.